The Hall–Kier alpha value is -3.12. The highest BCUT2D eigenvalue weighted by molar-refractivity contribution is 6.13. The van der Waals surface area contributed by atoms with Crippen molar-refractivity contribution in [3.63, 3.8) is 0 Å². The standard InChI is InChI=1S/C23H23BN4O/c24-28-14-4-5-18(16-28)27-22-12-13-26-15-21(22)23(25)17-8-10-20(11-9-17)29-19-6-2-1-3-7-19/h1-3,6-13,15,18,25H,4-5,14,16H2,(H,26,27)/t18-/m1/s1. The van der Waals surface area contributed by atoms with Crippen LogP contribution in [0.25, 0.3) is 0 Å². The van der Waals surface area contributed by atoms with Crippen molar-refractivity contribution in [3.8, 4) is 11.5 Å². The second kappa shape index (κ2) is 8.92. The van der Waals surface area contributed by atoms with E-state index < -0.39 is 0 Å². The summed E-state index contributed by atoms with van der Waals surface area (Å²) in [4.78, 5) is 6.08. The first-order valence-corrected chi connectivity index (χ1v) is 9.81. The van der Waals surface area contributed by atoms with Crippen LogP contribution in [-0.2, 0) is 0 Å². The van der Waals surface area contributed by atoms with Crippen LogP contribution in [0.4, 0.5) is 5.69 Å². The Morgan fingerprint density at radius 2 is 1.83 bits per heavy atom. The summed E-state index contributed by atoms with van der Waals surface area (Å²) in [5, 5.41) is 12.3. The molecule has 0 aliphatic carbocycles. The molecule has 1 saturated heterocycles. The van der Waals surface area contributed by atoms with Gasteiger partial charge in [0.25, 0.3) is 0 Å². The summed E-state index contributed by atoms with van der Waals surface area (Å²) < 4.78 is 5.84. The van der Waals surface area contributed by atoms with Gasteiger partial charge in [-0.2, -0.15) is 0 Å². The van der Waals surface area contributed by atoms with E-state index >= 15 is 0 Å². The van der Waals surface area contributed by atoms with E-state index in [0.717, 1.165) is 54.2 Å². The van der Waals surface area contributed by atoms with Crippen LogP contribution in [0, 0.1) is 5.41 Å². The molecule has 2 N–H and O–H groups in total. The number of hydrogen-bond donors (Lipinski definition) is 2. The molecule has 1 aliphatic rings. The number of hydrogen-bond acceptors (Lipinski definition) is 5. The highest BCUT2D eigenvalue weighted by Gasteiger charge is 2.19. The van der Waals surface area contributed by atoms with Gasteiger partial charge in [-0.25, -0.2) is 0 Å². The number of piperidine rings is 1. The number of pyridine rings is 1. The predicted octanol–water partition coefficient (Wildman–Crippen LogP) is 4.25. The average molecular weight is 382 g/mol. The molecule has 144 valence electrons. The van der Waals surface area contributed by atoms with Gasteiger partial charge in [-0.15, -0.1) is 0 Å². The summed E-state index contributed by atoms with van der Waals surface area (Å²) in [6, 6.07) is 19.4. The second-order valence-corrected chi connectivity index (χ2v) is 7.21. The van der Waals surface area contributed by atoms with Crippen molar-refractivity contribution >= 4 is 19.4 Å². The molecule has 5 nitrogen and oxygen atoms in total. The Kier molecular flexibility index (Phi) is 5.91. The van der Waals surface area contributed by atoms with Crippen molar-refractivity contribution in [1.29, 1.82) is 5.41 Å². The number of nitrogens with zero attached hydrogens (tertiary/aromatic N) is 2. The summed E-state index contributed by atoms with van der Waals surface area (Å²) in [5.41, 5.74) is 2.92. The summed E-state index contributed by atoms with van der Waals surface area (Å²) >= 11 is 0. The fraction of sp³-hybridized carbons (Fsp3) is 0.217. The highest BCUT2D eigenvalue weighted by atomic mass is 16.5. The quantitative estimate of drug-likeness (QED) is 0.494. The molecule has 2 radical (unpaired) electrons. The van der Waals surface area contributed by atoms with Gasteiger partial charge in [0.15, 0.2) is 7.98 Å². The largest absolute Gasteiger partial charge is 0.457 e. The number of para-hydroxylation sites is 1. The highest BCUT2D eigenvalue weighted by Crippen LogP contribution is 2.24. The van der Waals surface area contributed by atoms with Crippen LogP contribution >= 0.6 is 0 Å². The van der Waals surface area contributed by atoms with E-state index in [1.807, 2.05) is 65.5 Å². The van der Waals surface area contributed by atoms with Crippen LogP contribution in [0.5, 0.6) is 11.5 Å². The minimum atomic E-state index is 0.268. The first-order valence-electron chi connectivity index (χ1n) is 9.81. The lowest BCUT2D eigenvalue weighted by atomic mass is 9.99. The zero-order valence-electron chi connectivity index (χ0n) is 16.2. The molecule has 0 spiro atoms. The average Bonchev–Trinajstić information content (AvgIpc) is 2.75. The second-order valence-electron chi connectivity index (χ2n) is 7.21. The van der Waals surface area contributed by atoms with Gasteiger partial charge in [0.2, 0.25) is 0 Å². The van der Waals surface area contributed by atoms with Crippen molar-refractivity contribution in [1.82, 2.24) is 9.79 Å². The van der Waals surface area contributed by atoms with Crippen LogP contribution in [0.1, 0.15) is 24.0 Å². The van der Waals surface area contributed by atoms with Gasteiger partial charge in [-0.1, -0.05) is 18.2 Å². The summed E-state index contributed by atoms with van der Waals surface area (Å²) in [6.45, 7) is 1.72. The maximum absolute atomic E-state index is 8.70. The topological polar surface area (TPSA) is 61.2 Å². The van der Waals surface area contributed by atoms with Gasteiger partial charge in [-0.3, -0.25) is 10.4 Å². The zero-order valence-corrected chi connectivity index (χ0v) is 16.2. The minimum Gasteiger partial charge on any atom is -0.457 e. The van der Waals surface area contributed by atoms with E-state index in [4.69, 9.17) is 18.1 Å². The van der Waals surface area contributed by atoms with Crippen LogP contribution in [0.3, 0.4) is 0 Å². The van der Waals surface area contributed by atoms with Crippen LogP contribution in [0.2, 0.25) is 0 Å². The maximum Gasteiger partial charge on any atom is 0.182 e. The Labute approximate surface area is 172 Å². The lowest BCUT2D eigenvalue weighted by molar-refractivity contribution is 0.344. The smallest absolute Gasteiger partial charge is 0.182 e. The molecule has 0 unspecified atom stereocenters. The third-order valence-electron chi connectivity index (χ3n) is 5.02. The van der Waals surface area contributed by atoms with E-state index in [1.165, 1.54) is 0 Å². The van der Waals surface area contributed by atoms with Crippen LogP contribution < -0.4 is 10.1 Å². The molecule has 1 aliphatic heterocycles. The van der Waals surface area contributed by atoms with Crippen molar-refractivity contribution in [2.75, 3.05) is 18.4 Å². The monoisotopic (exact) mass is 382 g/mol. The lowest BCUT2D eigenvalue weighted by Gasteiger charge is -2.32. The van der Waals surface area contributed by atoms with Crippen molar-refractivity contribution < 1.29 is 4.74 Å². The molecule has 29 heavy (non-hydrogen) atoms. The summed E-state index contributed by atoms with van der Waals surface area (Å²) in [5.74, 6) is 1.53. The van der Waals surface area contributed by atoms with Gasteiger partial charge >= 0.3 is 0 Å². The van der Waals surface area contributed by atoms with E-state index in [2.05, 4.69) is 10.3 Å². The van der Waals surface area contributed by atoms with E-state index in [-0.39, 0.29) is 6.04 Å². The van der Waals surface area contributed by atoms with Crippen molar-refractivity contribution in [2.24, 2.45) is 0 Å². The van der Waals surface area contributed by atoms with E-state index in [0.29, 0.717) is 5.71 Å². The SMILES string of the molecule is [B]N1CCC[C@@H](Nc2ccncc2C(=N)c2ccc(Oc3ccccc3)cc2)C1. The van der Waals surface area contributed by atoms with Crippen LogP contribution in [-0.4, -0.2) is 42.6 Å². The minimum absolute atomic E-state index is 0.268. The Balaban J connectivity index is 1.49. The first kappa shape index (κ1) is 19.2. The zero-order chi connectivity index (χ0) is 20.1. The maximum atomic E-state index is 8.70. The van der Waals surface area contributed by atoms with Crippen LogP contribution in [0.15, 0.2) is 73.1 Å². The van der Waals surface area contributed by atoms with Gasteiger partial charge < -0.3 is 14.9 Å². The third-order valence-corrected chi connectivity index (χ3v) is 5.02. The number of nitrogens with one attached hydrogen (secondary N) is 2. The molecular formula is C23H23BN4O. The molecule has 2 heterocycles. The van der Waals surface area contributed by atoms with Crippen molar-refractivity contribution in [3.05, 3.63) is 84.2 Å². The number of ether oxygens (including phenoxy) is 1. The first-order chi connectivity index (χ1) is 14.2. The third kappa shape index (κ3) is 4.84. The Morgan fingerprint density at radius 1 is 1.07 bits per heavy atom. The fourth-order valence-corrected chi connectivity index (χ4v) is 3.53. The molecule has 0 saturated carbocycles. The fourth-order valence-electron chi connectivity index (χ4n) is 3.53. The lowest BCUT2D eigenvalue weighted by Crippen LogP contribution is -2.40. The molecule has 2 aromatic carbocycles. The Bertz CT molecular complexity index is 962. The number of aromatic nitrogens is 1. The molecule has 1 fully saturated rings. The molecule has 3 aromatic rings. The van der Waals surface area contributed by atoms with E-state index in [9.17, 15) is 0 Å². The molecule has 0 bridgehead atoms. The normalized spacial score (nSPS) is 16.9. The number of rotatable bonds is 6. The predicted molar refractivity (Wildman–Crippen MR) is 117 cm³/mol. The van der Waals surface area contributed by atoms with Crippen molar-refractivity contribution in [2.45, 2.75) is 18.9 Å². The molecule has 1 atom stereocenters. The number of benzene rings is 2. The van der Waals surface area contributed by atoms with Gasteiger partial charge in [0, 0.05) is 41.8 Å². The Morgan fingerprint density at radius 3 is 2.59 bits per heavy atom. The van der Waals surface area contributed by atoms with Gasteiger partial charge in [-0.05, 0) is 61.9 Å². The molecule has 1 aromatic heterocycles. The number of anilines is 1. The summed E-state index contributed by atoms with van der Waals surface area (Å²) in [6.07, 6.45) is 5.62. The molecule has 6 heteroatoms. The molecular weight excluding hydrogens is 359 g/mol. The van der Waals surface area contributed by atoms with E-state index in [1.54, 1.807) is 12.4 Å². The van der Waals surface area contributed by atoms with Gasteiger partial charge in [0.05, 0.1) is 5.71 Å². The van der Waals surface area contributed by atoms with Gasteiger partial charge in [0.1, 0.15) is 11.5 Å². The molecule has 4 rings (SSSR count). The molecule has 0 amide bonds. The summed E-state index contributed by atoms with van der Waals surface area (Å²) in [7, 11) is 5.96.